The van der Waals surface area contributed by atoms with Crippen LogP contribution < -0.4 is 0 Å². The Bertz CT molecular complexity index is 1040. The maximum atomic E-state index is 2.24. The van der Waals surface area contributed by atoms with E-state index < -0.39 is 0 Å². The van der Waals surface area contributed by atoms with E-state index in [1.54, 1.807) is 0 Å². The van der Waals surface area contributed by atoms with Crippen LogP contribution in [0.1, 0.15) is 11.1 Å². The second-order valence-corrected chi connectivity index (χ2v) is 6.70. The summed E-state index contributed by atoms with van der Waals surface area (Å²) in [6.45, 7) is 0. The minimum absolute atomic E-state index is 1.23. The van der Waals surface area contributed by atoms with E-state index in [1.807, 2.05) is 36.4 Å². The molecule has 134 valence electrons. The van der Waals surface area contributed by atoms with Gasteiger partial charge in [0.1, 0.15) is 0 Å². The van der Waals surface area contributed by atoms with Crippen LogP contribution in [0.15, 0.2) is 121 Å². The number of fused-ring (bicyclic) bond motifs is 2. The molecule has 5 rings (SSSR count). The van der Waals surface area contributed by atoms with E-state index >= 15 is 0 Å². The van der Waals surface area contributed by atoms with Crippen molar-refractivity contribution in [2.75, 3.05) is 0 Å². The van der Waals surface area contributed by atoms with Gasteiger partial charge in [-0.05, 0) is 44.8 Å². The topological polar surface area (TPSA) is 0 Å². The maximum Gasteiger partial charge on any atom is -0.0178 e. The molecule has 0 aliphatic heterocycles. The first-order valence-electron chi connectivity index (χ1n) is 9.54. The van der Waals surface area contributed by atoms with Gasteiger partial charge in [0.25, 0.3) is 0 Å². The summed E-state index contributed by atoms with van der Waals surface area (Å²) >= 11 is 0. The summed E-state index contributed by atoms with van der Waals surface area (Å²) < 4.78 is 0. The zero-order valence-corrected chi connectivity index (χ0v) is 15.7. The molecule has 0 spiro atoms. The molecule has 0 saturated heterocycles. The van der Waals surface area contributed by atoms with Gasteiger partial charge in [-0.3, -0.25) is 0 Å². The molecule has 0 fully saturated rings. The largest absolute Gasteiger partial charge is 0.0622 e. The van der Waals surface area contributed by atoms with Gasteiger partial charge in [-0.1, -0.05) is 121 Å². The summed E-state index contributed by atoms with van der Waals surface area (Å²) in [5.74, 6) is 0. The summed E-state index contributed by atoms with van der Waals surface area (Å²) in [4.78, 5) is 0. The summed E-state index contributed by atoms with van der Waals surface area (Å²) in [6.07, 6.45) is 4.24. The van der Waals surface area contributed by atoms with Crippen molar-refractivity contribution in [2.45, 2.75) is 0 Å². The Balaban J connectivity index is 0.000000137. The minimum atomic E-state index is 1.23. The molecule has 0 radical (unpaired) electrons. The molecule has 0 unspecified atom stereocenters. The molecule has 0 aliphatic rings. The van der Waals surface area contributed by atoms with Gasteiger partial charge in [-0.25, -0.2) is 0 Å². The monoisotopic (exact) mass is 358 g/mol. The van der Waals surface area contributed by atoms with Gasteiger partial charge in [0.15, 0.2) is 0 Å². The van der Waals surface area contributed by atoms with Gasteiger partial charge in [0.05, 0.1) is 0 Å². The second kappa shape index (κ2) is 8.83. The predicted octanol–water partition coefficient (Wildman–Crippen LogP) is 7.85. The molecule has 0 bridgehead atoms. The highest BCUT2D eigenvalue weighted by molar-refractivity contribution is 5.98. The van der Waals surface area contributed by atoms with Crippen molar-refractivity contribution in [1.29, 1.82) is 0 Å². The molecule has 0 atom stereocenters. The van der Waals surface area contributed by atoms with Gasteiger partial charge in [0.2, 0.25) is 0 Å². The van der Waals surface area contributed by atoms with Crippen molar-refractivity contribution >= 4 is 33.7 Å². The molecule has 0 heterocycles. The lowest BCUT2D eigenvalue weighted by Crippen LogP contribution is -1.74. The molecule has 0 aromatic heterocycles. The average Bonchev–Trinajstić information content (AvgIpc) is 2.78. The molecular weight excluding hydrogens is 336 g/mol. The molecule has 0 saturated carbocycles. The number of hydrogen-bond acceptors (Lipinski definition) is 0. The number of benzene rings is 5. The van der Waals surface area contributed by atoms with Crippen LogP contribution >= 0.6 is 0 Å². The molecule has 0 nitrogen and oxygen atoms in total. The van der Waals surface area contributed by atoms with E-state index in [0.717, 1.165) is 0 Å². The van der Waals surface area contributed by atoms with Crippen LogP contribution in [0, 0.1) is 0 Å². The first-order valence-corrected chi connectivity index (χ1v) is 9.54. The zero-order chi connectivity index (χ0) is 19.0. The fourth-order valence-electron chi connectivity index (χ4n) is 3.20. The molecule has 0 aliphatic carbocycles. The molecule has 0 amide bonds. The SMILES string of the molecule is C(=Cc1ccccc1)c1ccccc1.c1ccc2cc3ccccc3cc2c1. The van der Waals surface area contributed by atoms with Crippen LogP contribution in [0.25, 0.3) is 33.7 Å². The molecule has 5 aromatic carbocycles. The van der Waals surface area contributed by atoms with Crippen LogP contribution in [-0.4, -0.2) is 0 Å². The van der Waals surface area contributed by atoms with E-state index in [0.29, 0.717) is 0 Å². The van der Waals surface area contributed by atoms with Crippen molar-refractivity contribution in [3.8, 4) is 0 Å². The Morgan fingerprint density at radius 1 is 0.321 bits per heavy atom. The summed E-state index contributed by atoms with van der Waals surface area (Å²) in [7, 11) is 0. The normalized spacial score (nSPS) is 10.7. The summed E-state index contributed by atoms with van der Waals surface area (Å²) in [6, 6.07) is 42.0. The van der Waals surface area contributed by atoms with Crippen molar-refractivity contribution < 1.29 is 0 Å². The van der Waals surface area contributed by atoms with E-state index in [2.05, 4.69) is 97.1 Å². The smallest absolute Gasteiger partial charge is 0.0178 e. The Hall–Kier alpha value is -3.64. The summed E-state index contributed by atoms with van der Waals surface area (Å²) in [5.41, 5.74) is 2.47. The van der Waals surface area contributed by atoms with Gasteiger partial charge < -0.3 is 0 Å². The fourth-order valence-corrected chi connectivity index (χ4v) is 3.20. The standard InChI is InChI=1S/C14H10.C14H12/c1-2-6-12-10-14-8-4-3-7-13(14)9-11(12)5-1;1-3-7-13(8-4-1)11-12-14-9-5-2-6-10-14/h1-10H;1-12H. The van der Waals surface area contributed by atoms with Crippen LogP contribution in [-0.2, 0) is 0 Å². The highest BCUT2D eigenvalue weighted by atomic mass is 14.0. The highest BCUT2D eigenvalue weighted by Crippen LogP contribution is 2.22. The quantitative estimate of drug-likeness (QED) is 0.223. The number of hydrogen-bond donors (Lipinski definition) is 0. The third-order valence-corrected chi connectivity index (χ3v) is 4.68. The van der Waals surface area contributed by atoms with Crippen molar-refractivity contribution in [1.82, 2.24) is 0 Å². The van der Waals surface area contributed by atoms with Crippen molar-refractivity contribution in [3.05, 3.63) is 132 Å². The van der Waals surface area contributed by atoms with E-state index in [-0.39, 0.29) is 0 Å². The first kappa shape index (κ1) is 17.8. The van der Waals surface area contributed by atoms with Gasteiger partial charge in [-0.2, -0.15) is 0 Å². The van der Waals surface area contributed by atoms with Crippen LogP contribution in [0.4, 0.5) is 0 Å². The lowest BCUT2D eigenvalue weighted by molar-refractivity contribution is 1.65. The van der Waals surface area contributed by atoms with Gasteiger partial charge in [0, 0.05) is 0 Å². The first-order chi connectivity index (χ1) is 13.9. The van der Waals surface area contributed by atoms with Gasteiger partial charge >= 0.3 is 0 Å². The Morgan fingerprint density at radius 3 is 0.929 bits per heavy atom. The van der Waals surface area contributed by atoms with E-state index in [1.165, 1.54) is 32.7 Å². The third-order valence-electron chi connectivity index (χ3n) is 4.68. The predicted molar refractivity (Wildman–Crippen MR) is 123 cm³/mol. The zero-order valence-electron chi connectivity index (χ0n) is 15.7. The fraction of sp³-hybridized carbons (Fsp3) is 0. The Labute approximate surface area is 166 Å². The van der Waals surface area contributed by atoms with Crippen LogP contribution in [0.5, 0.6) is 0 Å². The molecule has 5 aromatic rings. The Morgan fingerprint density at radius 2 is 0.607 bits per heavy atom. The maximum absolute atomic E-state index is 2.24. The van der Waals surface area contributed by atoms with Crippen LogP contribution in [0.3, 0.4) is 0 Å². The molecular formula is C28H22. The lowest BCUT2D eigenvalue weighted by atomic mass is 10.0. The third kappa shape index (κ3) is 4.55. The molecule has 0 N–H and O–H groups in total. The van der Waals surface area contributed by atoms with Crippen molar-refractivity contribution in [2.24, 2.45) is 0 Å². The Kier molecular flexibility index (Phi) is 5.60. The second-order valence-electron chi connectivity index (χ2n) is 6.70. The minimum Gasteiger partial charge on any atom is -0.0622 e. The highest BCUT2D eigenvalue weighted by Gasteiger charge is 1.95. The summed E-state index contributed by atoms with van der Waals surface area (Å²) in [5, 5.41) is 5.25. The van der Waals surface area contributed by atoms with E-state index in [4.69, 9.17) is 0 Å². The van der Waals surface area contributed by atoms with Crippen LogP contribution in [0.2, 0.25) is 0 Å². The lowest BCUT2D eigenvalue weighted by Gasteiger charge is -2.00. The number of rotatable bonds is 2. The van der Waals surface area contributed by atoms with E-state index in [9.17, 15) is 0 Å². The molecule has 28 heavy (non-hydrogen) atoms. The molecule has 0 heteroatoms. The van der Waals surface area contributed by atoms with Gasteiger partial charge in [-0.15, -0.1) is 0 Å². The average molecular weight is 358 g/mol. The van der Waals surface area contributed by atoms with Crippen molar-refractivity contribution in [3.63, 3.8) is 0 Å².